The number of amides is 1. The van der Waals surface area contributed by atoms with Crippen LogP contribution in [0.1, 0.15) is 34.8 Å². The van der Waals surface area contributed by atoms with Crippen LogP contribution in [0.15, 0.2) is 53.4 Å². The minimum atomic E-state index is -3.64. The smallest absolute Gasteiger partial charge is 0.253 e. The third-order valence-electron chi connectivity index (χ3n) is 4.50. The highest BCUT2D eigenvalue weighted by atomic mass is 35.5. The first-order valence-electron chi connectivity index (χ1n) is 8.38. The minimum absolute atomic E-state index is 0.0414. The number of nitrogens with one attached hydrogen (secondary N) is 1. The SMILES string of the molecule is CN(C)S(=O)(=O)c1ccc(Cl)c(C(=O)N[C@H](c2ccccc2)C2CC2)c1. The summed E-state index contributed by atoms with van der Waals surface area (Å²) >= 11 is 6.18. The van der Waals surface area contributed by atoms with E-state index >= 15 is 0 Å². The summed E-state index contributed by atoms with van der Waals surface area (Å²) in [7, 11) is -0.746. The second-order valence-corrected chi connectivity index (χ2v) is 9.19. The Morgan fingerprint density at radius 1 is 1.15 bits per heavy atom. The average molecular weight is 393 g/mol. The number of carbonyl (C=O) groups excluding carboxylic acids is 1. The van der Waals surface area contributed by atoms with Gasteiger partial charge in [-0.3, -0.25) is 4.79 Å². The van der Waals surface area contributed by atoms with Crippen molar-refractivity contribution in [1.29, 1.82) is 0 Å². The molecule has 5 nitrogen and oxygen atoms in total. The number of rotatable bonds is 6. The highest BCUT2D eigenvalue weighted by Crippen LogP contribution is 2.41. The summed E-state index contributed by atoms with van der Waals surface area (Å²) in [5, 5.41) is 3.25. The Morgan fingerprint density at radius 3 is 2.38 bits per heavy atom. The molecular weight excluding hydrogens is 372 g/mol. The lowest BCUT2D eigenvalue weighted by atomic mass is 10.0. The zero-order chi connectivity index (χ0) is 18.9. The zero-order valence-electron chi connectivity index (χ0n) is 14.6. The second kappa shape index (κ2) is 7.39. The van der Waals surface area contributed by atoms with E-state index in [9.17, 15) is 13.2 Å². The number of halogens is 1. The molecule has 1 aliphatic rings. The van der Waals surface area contributed by atoms with E-state index in [0.29, 0.717) is 5.92 Å². The molecular formula is C19H21ClN2O3S. The number of hydrogen-bond acceptors (Lipinski definition) is 3. The van der Waals surface area contributed by atoms with Gasteiger partial charge < -0.3 is 5.32 Å². The van der Waals surface area contributed by atoms with E-state index in [4.69, 9.17) is 11.6 Å². The van der Waals surface area contributed by atoms with Crippen LogP contribution in [-0.4, -0.2) is 32.7 Å². The summed E-state index contributed by atoms with van der Waals surface area (Å²) in [5.74, 6) is 0.0281. The molecule has 138 valence electrons. The van der Waals surface area contributed by atoms with Crippen LogP contribution in [0.25, 0.3) is 0 Å². The first-order chi connectivity index (χ1) is 12.3. The molecule has 1 fully saturated rings. The normalized spacial score (nSPS) is 15.7. The molecule has 0 aromatic heterocycles. The monoisotopic (exact) mass is 392 g/mol. The molecule has 2 aromatic carbocycles. The van der Waals surface area contributed by atoms with Crippen LogP contribution in [0, 0.1) is 5.92 Å². The van der Waals surface area contributed by atoms with Gasteiger partial charge in [0.05, 0.1) is 21.5 Å². The van der Waals surface area contributed by atoms with E-state index in [1.54, 1.807) is 0 Å². The molecule has 7 heteroatoms. The molecule has 0 heterocycles. The standard InChI is InChI=1S/C19H21ClN2O3S/c1-22(2)26(24,25)15-10-11-17(20)16(12-15)19(23)21-18(14-8-9-14)13-6-4-3-5-7-13/h3-7,10-12,14,18H,8-9H2,1-2H3,(H,21,23)/t18-/m1/s1. The van der Waals surface area contributed by atoms with Crippen molar-refractivity contribution >= 4 is 27.5 Å². The van der Waals surface area contributed by atoms with Crippen molar-refractivity contribution < 1.29 is 13.2 Å². The third kappa shape index (κ3) is 3.92. The van der Waals surface area contributed by atoms with Gasteiger partial charge in [0, 0.05) is 14.1 Å². The van der Waals surface area contributed by atoms with Gasteiger partial charge in [-0.05, 0) is 42.5 Å². The lowest BCUT2D eigenvalue weighted by Crippen LogP contribution is -2.30. The van der Waals surface area contributed by atoms with Crippen LogP contribution < -0.4 is 5.32 Å². The molecule has 0 saturated heterocycles. The van der Waals surface area contributed by atoms with Crippen LogP contribution >= 0.6 is 11.6 Å². The summed E-state index contributed by atoms with van der Waals surface area (Å²) in [6.07, 6.45) is 2.12. The molecule has 1 saturated carbocycles. The number of hydrogen-bond donors (Lipinski definition) is 1. The molecule has 1 aliphatic carbocycles. The van der Waals surface area contributed by atoms with Gasteiger partial charge in [0.25, 0.3) is 5.91 Å². The fourth-order valence-corrected chi connectivity index (χ4v) is 3.96. The summed E-state index contributed by atoms with van der Waals surface area (Å²) < 4.78 is 25.8. The number of carbonyl (C=O) groups is 1. The van der Waals surface area contributed by atoms with E-state index < -0.39 is 10.0 Å². The fraction of sp³-hybridized carbons (Fsp3) is 0.316. The molecule has 1 atom stereocenters. The summed E-state index contributed by atoms with van der Waals surface area (Å²) in [6, 6.07) is 13.9. The van der Waals surface area contributed by atoms with Crippen molar-refractivity contribution in [3.63, 3.8) is 0 Å². The van der Waals surface area contributed by atoms with Crippen LogP contribution in [0.4, 0.5) is 0 Å². The Morgan fingerprint density at radius 2 is 1.81 bits per heavy atom. The Bertz CT molecular complexity index is 910. The fourth-order valence-electron chi connectivity index (χ4n) is 2.83. The molecule has 0 unspecified atom stereocenters. The van der Waals surface area contributed by atoms with Crippen LogP contribution in [-0.2, 0) is 10.0 Å². The van der Waals surface area contributed by atoms with Gasteiger partial charge in [0.2, 0.25) is 10.0 Å². The molecule has 3 rings (SSSR count). The van der Waals surface area contributed by atoms with Gasteiger partial charge >= 0.3 is 0 Å². The molecule has 0 aliphatic heterocycles. The van der Waals surface area contributed by atoms with Gasteiger partial charge in [-0.15, -0.1) is 0 Å². The average Bonchev–Trinajstić information content (AvgIpc) is 3.45. The summed E-state index contributed by atoms with van der Waals surface area (Å²) in [6.45, 7) is 0. The van der Waals surface area contributed by atoms with Crippen molar-refractivity contribution in [3.8, 4) is 0 Å². The minimum Gasteiger partial charge on any atom is -0.345 e. The number of sulfonamides is 1. The Hall–Kier alpha value is -1.89. The maximum atomic E-state index is 12.8. The quantitative estimate of drug-likeness (QED) is 0.818. The van der Waals surface area contributed by atoms with Gasteiger partial charge in [-0.1, -0.05) is 41.9 Å². The highest BCUT2D eigenvalue weighted by Gasteiger charge is 2.34. The molecule has 0 spiro atoms. The van der Waals surface area contributed by atoms with Crippen LogP contribution in [0.5, 0.6) is 0 Å². The van der Waals surface area contributed by atoms with E-state index in [-0.39, 0.29) is 27.4 Å². The first-order valence-corrected chi connectivity index (χ1v) is 10.2. The van der Waals surface area contributed by atoms with Crippen LogP contribution in [0.3, 0.4) is 0 Å². The molecule has 0 radical (unpaired) electrons. The van der Waals surface area contributed by atoms with E-state index in [2.05, 4.69) is 5.32 Å². The summed E-state index contributed by atoms with van der Waals surface area (Å²) in [5.41, 5.74) is 1.20. The van der Waals surface area contributed by atoms with Crippen molar-refractivity contribution in [2.45, 2.75) is 23.8 Å². The molecule has 2 aromatic rings. The van der Waals surface area contributed by atoms with E-state index in [1.165, 1.54) is 32.3 Å². The zero-order valence-corrected chi connectivity index (χ0v) is 16.2. The highest BCUT2D eigenvalue weighted by molar-refractivity contribution is 7.89. The second-order valence-electron chi connectivity index (χ2n) is 6.63. The van der Waals surface area contributed by atoms with Crippen LogP contribution in [0.2, 0.25) is 5.02 Å². The predicted octanol–water partition coefficient (Wildman–Crippen LogP) is 3.47. The van der Waals surface area contributed by atoms with Crippen molar-refractivity contribution in [1.82, 2.24) is 9.62 Å². The van der Waals surface area contributed by atoms with Crippen molar-refractivity contribution in [3.05, 3.63) is 64.7 Å². The predicted molar refractivity (Wildman–Crippen MR) is 102 cm³/mol. The number of nitrogens with zero attached hydrogens (tertiary/aromatic N) is 1. The van der Waals surface area contributed by atoms with Gasteiger partial charge in [-0.2, -0.15) is 0 Å². The third-order valence-corrected chi connectivity index (χ3v) is 6.64. The molecule has 1 N–H and O–H groups in total. The molecule has 1 amide bonds. The topological polar surface area (TPSA) is 66.5 Å². The Balaban J connectivity index is 1.90. The number of benzene rings is 2. The van der Waals surface area contributed by atoms with Gasteiger partial charge in [0.15, 0.2) is 0 Å². The Kier molecular flexibility index (Phi) is 5.37. The molecule has 0 bridgehead atoms. The van der Waals surface area contributed by atoms with Crippen molar-refractivity contribution in [2.24, 2.45) is 5.92 Å². The van der Waals surface area contributed by atoms with Crippen molar-refractivity contribution in [2.75, 3.05) is 14.1 Å². The van der Waals surface area contributed by atoms with Gasteiger partial charge in [0.1, 0.15) is 0 Å². The molecule has 26 heavy (non-hydrogen) atoms. The van der Waals surface area contributed by atoms with E-state index in [1.807, 2.05) is 30.3 Å². The lowest BCUT2D eigenvalue weighted by molar-refractivity contribution is 0.0931. The maximum Gasteiger partial charge on any atom is 0.253 e. The van der Waals surface area contributed by atoms with E-state index in [0.717, 1.165) is 22.7 Å². The Labute approximate surface area is 159 Å². The van der Waals surface area contributed by atoms with Gasteiger partial charge in [-0.25, -0.2) is 12.7 Å². The summed E-state index contributed by atoms with van der Waals surface area (Å²) in [4.78, 5) is 12.9. The first kappa shape index (κ1) is 18.9. The maximum absolute atomic E-state index is 12.8. The lowest BCUT2D eigenvalue weighted by Gasteiger charge is -2.20. The largest absolute Gasteiger partial charge is 0.345 e.